The lowest BCUT2D eigenvalue weighted by Gasteiger charge is -2.29. The van der Waals surface area contributed by atoms with E-state index in [9.17, 15) is 4.57 Å². The molecule has 96 valence electrons. The predicted molar refractivity (Wildman–Crippen MR) is 68.3 cm³/mol. The van der Waals surface area contributed by atoms with Crippen molar-refractivity contribution in [3.8, 4) is 0 Å². The highest BCUT2D eigenvalue weighted by Gasteiger charge is 2.28. The minimum atomic E-state index is -2.51. The lowest BCUT2D eigenvalue weighted by atomic mass is 10.1. The molecule has 1 N–H and O–H groups in total. The van der Waals surface area contributed by atoms with Crippen LogP contribution in [0.2, 0.25) is 0 Å². The monoisotopic (exact) mass is 268 g/mol. The van der Waals surface area contributed by atoms with Crippen LogP contribution in [0.3, 0.4) is 0 Å². The number of aromatic nitrogens is 2. The Kier molecular flexibility index (Phi) is 4.36. The van der Waals surface area contributed by atoms with Crippen LogP contribution in [-0.2, 0) is 9.09 Å². The van der Waals surface area contributed by atoms with Gasteiger partial charge in [-0.05, 0) is 25.0 Å². The summed E-state index contributed by atoms with van der Waals surface area (Å²) in [4.78, 5) is 19.3. The quantitative estimate of drug-likeness (QED) is 0.838. The topological polar surface area (TPSA) is 75.6 Å². The maximum Gasteiger partial charge on any atom is 0.694 e. The normalized spacial score (nSPS) is 17.6. The van der Waals surface area contributed by atoms with Crippen LogP contribution in [0.15, 0.2) is 18.8 Å². The van der Waals surface area contributed by atoms with E-state index in [0.717, 1.165) is 5.69 Å². The van der Waals surface area contributed by atoms with Gasteiger partial charge in [0.25, 0.3) is 0 Å². The number of piperidine rings is 1. The molecule has 1 atom stereocenters. The van der Waals surface area contributed by atoms with Crippen LogP contribution < -0.4 is 4.90 Å². The molecule has 1 aliphatic heterocycles. The molecular formula is C11H15N3O3P+. The summed E-state index contributed by atoms with van der Waals surface area (Å²) >= 11 is 0. The fraction of sp³-hybridized carbons (Fsp3) is 0.455. The fourth-order valence-corrected chi connectivity index (χ4v) is 2.38. The zero-order chi connectivity index (χ0) is 13.0. The molecular weight excluding hydrogens is 253 g/mol. The van der Waals surface area contributed by atoms with Crippen molar-refractivity contribution in [1.29, 1.82) is 0 Å². The first-order chi connectivity index (χ1) is 8.69. The second-order valence-corrected chi connectivity index (χ2v) is 4.70. The number of rotatable bonds is 4. The van der Waals surface area contributed by atoms with Gasteiger partial charge in [-0.15, -0.1) is 9.42 Å². The Morgan fingerprint density at radius 3 is 2.89 bits per heavy atom. The van der Waals surface area contributed by atoms with Crippen LogP contribution in [-0.4, -0.2) is 34.1 Å². The van der Waals surface area contributed by atoms with Gasteiger partial charge in [-0.2, -0.15) is 0 Å². The minimum absolute atomic E-state index is 0.155. The Morgan fingerprint density at radius 2 is 2.28 bits per heavy atom. The molecule has 0 radical (unpaired) electrons. The molecule has 1 saturated heterocycles. The molecule has 18 heavy (non-hydrogen) atoms. The minimum Gasteiger partial charge on any atom is -0.341 e. The van der Waals surface area contributed by atoms with Gasteiger partial charge in [-0.3, -0.25) is 0 Å². The van der Waals surface area contributed by atoms with E-state index in [1.54, 1.807) is 18.3 Å². The third kappa shape index (κ3) is 3.32. The van der Waals surface area contributed by atoms with Crippen molar-refractivity contribution in [2.45, 2.75) is 18.9 Å². The van der Waals surface area contributed by atoms with Crippen molar-refractivity contribution < 1.29 is 14.0 Å². The van der Waals surface area contributed by atoms with Gasteiger partial charge in [0.05, 0.1) is 5.69 Å². The number of hydrogen-bond donors (Lipinski definition) is 1. The van der Waals surface area contributed by atoms with E-state index in [1.807, 2.05) is 4.90 Å². The molecule has 2 heterocycles. The van der Waals surface area contributed by atoms with Gasteiger partial charge < -0.3 is 4.90 Å². The Labute approximate surface area is 106 Å². The van der Waals surface area contributed by atoms with Crippen LogP contribution in [0.1, 0.15) is 18.5 Å². The summed E-state index contributed by atoms with van der Waals surface area (Å²) < 4.78 is 15.5. The fourth-order valence-electron chi connectivity index (χ4n) is 1.92. The molecule has 1 fully saturated rings. The van der Waals surface area contributed by atoms with Gasteiger partial charge in [-0.1, -0.05) is 6.58 Å². The summed E-state index contributed by atoms with van der Waals surface area (Å²) in [5.74, 6) is 0.666. The van der Waals surface area contributed by atoms with E-state index in [4.69, 9.17) is 9.42 Å². The number of anilines is 1. The molecule has 6 nitrogen and oxygen atoms in total. The van der Waals surface area contributed by atoms with E-state index in [2.05, 4.69) is 16.5 Å². The van der Waals surface area contributed by atoms with Crippen molar-refractivity contribution in [2.24, 2.45) is 0 Å². The molecule has 1 aromatic heterocycles. The number of nitrogens with zero attached hydrogens (tertiary/aromatic N) is 3. The van der Waals surface area contributed by atoms with Gasteiger partial charge in [-0.25, -0.2) is 9.97 Å². The first kappa shape index (κ1) is 13.1. The third-order valence-corrected chi connectivity index (χ3v) is 3.32. The predicted octanol–water partition coefficient (Wildman–Crippen LogP) is 1.75. The van der Waals surface area contributed by atoms with Gasteiger partial charge in [0.1, 0.15) is 6.10 Å². The van der Waals surface area contributed by atoms with E-state index in [0.29, 0.717) is 31.9 Å². The second-order valence-electron chi connectivity index (χ2n) is 4.02. The molecule has 0 aromatic carbocycles. The molecule has 1 unspecified atom stereocenters. The summed E-state index contributed by atoms with van der Waals surface area (Å²) in [7, 11) is -2.51. The Bertz CT molecular complexity index is 447. The van der Waals surface area contributed by atoms with Crippen molar-refractivity contribution in [3.05, 3.63) is 24.5 Å². The molecule has 1 aromatic rings. The van der Waals surface area contributed by atoms with Crippen LogP contribution in [0.5, 0.6) is 0 Å². The van der Waals surface area contributed by atoms with Crippen molar-refractivity contribution in [3.63, 3.8) is 0 Å². The molecule has 1 aliphatic rings. The van der Waals surface area contributed by atoms with Gasteiger partial charge >= 0.3 is 8.25 Å². The molecule has 7 heteroatoms. The third-order valence-electron chi connectivity index (χ3n) is 2.84. The molecule has 0 saturated carbocycles. The first-order valence-electron chi connectivity index (χ1n) is 5.72. The zero-order valence-corrected chi connectivity index (χ0v) is 10.8. The summed E-state index contributed by atoms with van der Waals surface area (Å²) in [6.45, 7) is 5.11. The maximum atomic E-state index is 10.6. The van der Waals surface area contributed by atoms with Gasteiger partial charge in [0, 0.05) is 23.9 Å². The lowest BCUT2D eigenvalue weighted by molar-refractivity contribution is 0.161. The summed E-state index contributed by atoms with van der Waals surface area (Å²) in [5.41, 5.74) is 0.789. The highest BCUT2D eigenvalue weighted by atomic mass is 31.1. The molecule has 0 amide bonds. The Balaban J connectivity index is 1.96. The van der Waals surface area contributed by atoms with Crippen LogP contribution in [0.25, 0.3) is 6.08 Å². The molecule has 0 bridgehead atoms. The summed E-state index contributed by atoms with van der Waals surface area (Å²) in [5, 5.41) is 0. The Morgan fingerprint density at radius 1 is 1.56 bits per heavy atom. The van der Waals surface area contributed by atoms with Crippen molar-refractivity contribution >= 4 is 20.3 Å². The second kappa shape index (κ2) is 6.00. The van der Waals surface area contributed by atoms with E-state index in [-0.39, 0.29) is 6.10 Å². The molecule has 0 aliphatic carbocycles. The lowest BCUT2D eigenvalue weighted by Crippen LogP contribution is -2.37. The molecule has 0 spiro atoms. The summed E-state index contributed by atoms with van der Waals surface area (Å²) in [6, 6.07) is 1.79. The van der Waals surface area contributed by atoms with Gasteiger partial charge in [0.2, 0.25) is 5.95 Å². The zero-order valence-electron chi connectivity index (χ0n) is 9.90. The number of hydrogen-bond acceptors (Lipinski definition) is 5. The van der Waals surface area contributed by atoms with Crippen LogP contribution >= 0.6 is 8.25 Å². The largest absolute Gasteiger partial charge is 0.694 e. The summed E-state index contributed by atoms with van der Waals surface area (Å²) in [6.07, 6.45) is 4.62. The highest BCUT2D eigenvalue weighted by molar-refractivity contribution is 7.32. The SMILES string of the molecule is C=Cc1ccnc(N2CCC(O[P+](=O)O)CC2)n1. The maximum absolute atomic E-state index is 10.6. The average molecular weight is 268 g/mol. The average Bonchev–Trinajstić information content (AvgIpc) is 2.39. The standard InChI is InChI=1S/C11H14N3O3P/c1-2-9-3-6-12-11(13-9)14-7-4-10(5-8-14)17-18(15)16/h2-3,6,10H,1,4-5,7-8H2/p+1. The highest BCUT2D eigenvalue weighted by Crippen LogP contribution is 2.26. The van der Waals surface area contributed by atoms with Gasteiger partial charge in [0.15, 0.2) is 0 Å². The van der Waals surface area contributed by atoms with E-state index >= 15 is 0 Å². The van der Waals surface area contributed by atoms with Crippen molar-refractivity contribution in [2.75, 3.05) is 18.0 Å². The van der Waals surface area contributed by atoms with Crippen molar-refractivity contribution in [1.82, 2.24) is 9.97 Å². The van der Waals surface area contributed by atoms with Crippen LogP contribution in [0.4, 0.5) is 5.95 Å². The van der Waals surface area contributed by atoms with Crippen LogP contribution in [0, 0.1) is 0 Å². The first-order valence-corrected chi connectivity index (χ1v) is 6.85. The molecule has 2 rings (SSSR count). The van der Waals surface area contributed by atoms with E-state index < -0.39 is 8.25 Å². The Hall–Kier alpha value is -1.36. The smallest absolute Gasteiger partial charge is 0.341 e. The van der Waals surface area contributed by atoms with E-state index in [1.165, 1.54) is 0 Å².